The number of carbonyl (C=O) groups is 1. The predicted molar refractivity (Wildman–Crippen MR) is 200 cm³/mol. The van der Waals surface area contributed by atoms with Crippen molar-refractivity contribution in [1.82, 2.24) is 9.55 Å². The maximum Gasteiger partial charge on any atom is 0.513 e. The monoisotopic (exact) mass is 838 g/mol. The summed E-state index contributed by atoms with van der Waals surface area (Å²) in [6.45, 7) is 2.57. The Balaban J connectivity index is 1.28. The topological polar surface area (TPSA) is 248 Å². The fraction of sp³-hybridized carbons (Fsp3) is 0.618. The minimum Gasteiger partial charge on any atom is -0.434 e. The van der Waals surface area contributed by atoms with Gasteiger partial charge in [-0.15, -0.1) is 0 Å². The van der Waals surface area contributed by atoms with Gasteiger partial charge in [0.25, 0.3) is 5.56 Å². The molecule has 1 aliphatic heterocycles. The first kappa shape index (κ1) is 46.7. The molecule has 4 N–H and O–H groups in total. The molecule has 1 aliphatic rings. The standard InChI is InChI=1S/C34H53N2O16P3/c1-3-4-5-6-7-8-9-10-11-12-13-14-15-16-23-46-34(39)50-29-19-17-28(18-20-29)25-47-53(40,41)51-55(44,45)52-54(42,43)48-26-30-21-22-31(49-30)36-24-27(2)32(37)35-33(36)38/h17-22,24,30-31H,3-16,23,25-26H2,1-2H3,(H,40,41)(H,42,43)(H,44,45)(H,35,37,38)/t30-,31+/m0/s1. The number of aromatic nitrogens is 2. The third kappa shape index (κ3) is 18.9. The van der Waals surface area contributed by atoms with Gasteiger partial charge in [0, 0.05) is 11.8 Å². The summed E-state index contributed by atoms with van der Waals surface area (Å²) in [5, 5.41) is 0. The van der Waals surface area contributed by atoms with Crippen molar-refractivity contribution in [2.75, 3.05) is 13.2 Å². The fourth-order valence-corrected chi connectivity index (χ4v) is 8.89. The smallest absolute Gasteiger partial charge is 0.434 e. The first-order valence-electron chi connectivity index (χ1n) is 18.4. The van der Waals surface area contributed by atoms with Crippen LogP contribution in [0.3, 0.4) is 0 Å². The van der Waals surface area contributed by atoms with E-state index in [4.69, 9.17) is 18.7 Å². The van der Waals surface area contributed by atoms with E-state index in [1.54, 1.807) is 0 Å². The van der Waals surface area contributed by atoms with Gasteiger partial charge in [0.15, 0.2) is 6.23 Å². The van der Waals surface area contributed by atoms with Crippen molar-refractivity contribution >= 4 is 29.6 Å². The summed E-state index contributed by atoms with van der Waals surface area (Å²) in [7, 11) is -16.5. The van der Waals surface area contributed by atoms with E-state index in [1.807, 2.05) is 0 Å². The fourth-order valence-electron chi connectivity index (χ4n) is 5.40. The second kappa shape index (κ2) is 23.5. The normalized spacial score (nSPS) is 18.7. The van der Waals surface area contributed by atoms with Gasteiger partial charge in [-0.25, -0.2) is 23.3 Å². The van der Waals surface area contributed by atoms with Gasteiger partial charge in [0.2, 0.25) is 0 Å². The second-order valence-corrected chi connectivity index (χ2v) is 17.6. The van der Waals surface area contributed by atoms with Crippen molar-refractivity contribution in [1.29, 1.82) is 0 Å². The summed E-state index contributed by atoms with van der Waals surface area (Å²) in [6.07, 6.45) is 18.0. The number of hydrogen-bond acceptors (Lipinski definition) is 13. The van der Waals surface area contributed by atoms with Gasteiger partial charge in [-0.3, -0.25) is 23.4 Å². The molecule has 18 nitrogen and oxygen atoms in total. The lowest BCUT2D eigenvalue weighted by Gasteiger charge is -2.20. The van der Waals surface area contributed by atoms with Crippen LogP contribution in [0.15, 0.2) is 52.2 Å². The van der Waals surface area contributed by atoms with E-state index in [1.165, 1.54) is 114 Å². The third-order valence-electron chi connectivity index (χ3n) is 8.28. The van der Waals surface area contributed by atoms with Gasteiger partial charge in [0.1, 0.15) is 11.9 Å². The number of carbonyl (C=O) groups excluding carboxylic acids is 1. The molecule has 2 heterocycles. The van der Waals surface area contributed by atoms with Gasteiger partial charge in [0.05, 0.1) is 19.8 Å². The highest BCUT2D eigenvalue weighted by Gasteiger charge is 2.42. The molecule has 0 aliphatic carbocycles. The molecule has 55 heavy (non-hydrogen) atoms. The third-order valence-corrected chi connectivity index (χ3v) is 12.5. The molecule has 1 aromatic carbocycles. The average molecular weight is 839 g/mol. The number of aromatic amines is 1. The number of phosphoric acid groups is 3. The second-order valence-electron chi connectivity index (χ2n) is 13.0. The summed E-state index contributed by atoms with van der Waals surface area (Å²) < 4.78 is 71.2. The molecule has 2 aromatic rings. The zero-order valence-corrected chi connectivity index (χ0v) is 33.8. The highest BCUT2D eigenvalue weighted by Crippen LogP contribution is 2.67. The predicted octanol–water partition coefficient (Wildman–Crippen LogP) is 7.86. The molecule has 1 aromatic heterocycles. The van der Waals surface area contributed by atoms with Crippen LogP contribution in [0.2, 0.25) is 0 Å². The lowest BCUT2D eigenvalue weighted by molar-refractivity contribution is -0.0105. The molecule has 0 spiro atoms. The van der Waals surface area contributed by atoms with Gasteiger partial charge in [-0.1, -0.05) is 109 Å². The van der Waals surface area contributed by atoms with Crippen molar-refractivity contribution in [3.8, 4) is 5.75 Å². The van der Waals surface area contributed by atoms with Crippen molar-refractivity contribution in [3.05, 3.63) is 74.6 Å². The van der Waals surface area contributed by atoms with Crippen LogP contribution < -0.4 is 16.0 Å². The van der Waals surface area contributed by atoms with Crippen LogP contribution >= 0.6 is 23.5 Å². The number of unbranched alkanes of at least 4 members (excludes halogenated alkanes) is 13. The Morgan fingerprint density at radius 3 is 1.91 bits per heavy atom. The van der Waals surface area contributed by atoms with Crippen molar-refractivity contribution in [3.63, 3.8) is 0 Å². The SMILES string of the molecule is CCCCCCCCCCCCCCCCOC(=O)Oc1ccc(COP(=O)(O)OP(=O)(O)OP(=O)(O)OC[C@@H]2C=C[C@H](n3cc(C)c(=O)[nH]c3=O)O2)cc1. The number of ether oxygens (including phenoxy) is 3. The van der Waals surface area contributed by atoms with E-state index in [-0.39, 0.29) is 23.5 Å². The molecule has 0 bridgehead atoms. The first-order valence-corrected chi connectivity index (χ1v) is 22.9. The van der Waals surface area contributed by atoms with Gasteiger partial charge in [-0.05, 0) is 37.1 Å². The number of nitrogens with one attached hydrogen (secondary N) is 1. The zero-order valence-electron chi connectivity index (χ0n) is 31.2. The van der Waals surface area contributed by atoms with Crippen LogP contribution in [-0.4, -0.2) is 49.7 Å². The summed E-state index contributed by atoms with van der Waals surface area (Å²) in [5.41, 5.74) is -0.877. The molecule has 0 fully saturated rings. The number of aryl methyl sites for hydroxylation is 1. The van der Waals surface area contributed by atoms with E-state index in [9.17, 15) is 42.8 Å². The van der Waals surface area contributed by atoms with E-state index in [0.29, 0.717) is 0 Å². The molecule has 0 amide bonds. The first-order chi connectivity index (χ1) is 26.1. The van der Waals surface area contributed by atoms with E-state index < -0.39 is 66.4 Å². The van der Waals surface area contributed by atoms with E-state index in [0.717, 1.165) is 30.3 Å². The Hall–Kier alpha value is -2.72. The highest BCUT2D eigenvalue weighted by molar-refractivity contribution is 7.66. The number of phosphoric ester groups is 2. The average Bonchev–Trinajstić information content (AvgIpc) is 3.58. The Labute approximate surface area is 320 Å². The Kier molecular flexibility index (Phi) is 19.9. The van der Waals surface area contributed by atoms with E-state index in [2.05, 4.69) is 25.1 Å². The van der Waals surface area contributed by atoms with Crippen molar-refractivity contribution in [2.24, 2.45) is 0 Å². The number of rotatable bonds is 27. The quantitative estimate of drug-likeness (QED) is 0.0220. The van der Waals surface area contributed by atoms with Crippen LogP contribution in [-0.2, 0) is 47.4 Å². The number of hydrogen-bond donors (Lipinski definition) is 4. The van der Waals surface area contributed by atoms with Gasteiger partial charge in [-0.2, -0.15) is 8.62 Å². The van der Waals surface area contributed by atoms with Crippen LogP contribution in [0.4, 0.5) is 4.79 Å². The van der Waals surface area contributed by atoms with Crippen LogP contribution in [0.5, 0.6) is 5.75 Å². The molecule has 0 radical (unpaired) electrons. The minimum absolute atomic E-state index is 0.125. The number of nitrogens with zero attached hydrogens (tertiary/aromatic N) is 1. The number of H-pyrrole nitrogens is 1. The summed E-state index contributed by atoms with van der Waals surface area (Å²) in [5.74, 6) is 0.125. The lowest BCUT2D eigenvalue weighted by atomic mass is 10.0. The molecule has 0 saturated carbocycles. The molecule has 310 valence electrons. The van der Waals surface area contributed by atoms with Gasteiger partial charge >= 0.3 is 35.3 Å². The van der Waals surface area contributed by atoms with Crippen LogP contribution in [0.1, 0.15) is 114 Å². The largest absolute Gasteiger partial charge is 0.513 e. The lowest BCUT2D eigenvalue weighted by Crippen LogP contribution is -2.33. The summed E-state index contributed by atoms with van der Waals surface area (Å²) >= 11 is 0. The van der Waals surface area contributed by atoms with E-state index >= 15 is 0 Å². The Morgan fingerprint density at radius 2 is 1.33 bits per heavy atom. The molecular weight excluding hydrogens is 785 g/mol. The molecular formula is C34H53N2O16P3. The van der Waals surface area contributed by atoms with Crippen molar-refractivity contribution in [2.45, 2.75) is 123 Å². The van der Waals surface area contributed by atoms with Crippen LogP contribution in [0, 0.1) is 6.92 Å². The maximum atomic E-state index is 12.3. The Bertz CT molecular complexity index is 1780. The molecule has 0 saturated heterocycles. The minimum atomic E-state index is -5.73. The van der Waals surface area contributed by atoms with Crippen LogP contribution in [0.25, 0.3) is 0 Å². The van der Waals surface area contributed by atoms with Crippen molar-refractivity contribution < 1.29 is 65.0 Å². The molecule has 5 atom stereocenters. The van der Waals surface area contributed by atoms with Gasteiger partial charge < -0.3 is 28.9 Å². The molecule has 3 rings (SSSR count). The maximum absolute atomic E-state index is 12.3. The zero-order chi connectivity index (χ0) is 40.3. The molecule has 3 unspecified atom stereocenters. The Morgan fingerprint density at radius 1 is 0.782 bits per heavy atom. The summed E-state index contributed by atoms with van der Waals surface area (Å²) in [4.78, 5) is 67.5. The highest BCUT2D eigenvalue weighted by atomic mass is 31.3. The summed E-state index contributed by atoms with van der Waals surface area (Å²) in [6, 6.07) is 5.47. The number of benzene rings is 1. The molecule has 21 heteroatoms.